The second-order valence-electron chi connectivity index (χ2n) is 6.69. The highest BCUT2D eigenvalue weighted by molar-refractivity contribution is 7.10. The molecule has 0 bridgehead atoms. The predicted molar refractivity (Wildman–Crippen MR) is 101 cm³/mol. The van der Waals surface area contributed by atoms with E-state index in [-0.39, 0.29) is 5.69 Å². The number of thiophene rings is 1. The van der Waals surface area contributed by atoms with Crippen molar-refractivity contribution >= 4 is 40.6 Å². The van der Waals surface area contributed by atoms with Crippen molar-refractivity contribution in [2.75, 3.05) is 11.9 Å². The molecule has 2 N–H and O–H groups in total. The van der Waals surface area contributed by atoms with Crippen molar-refractivity contribution in [2.45, 2.75) is 24.8 Å². The van der Waals surface area contributed by atoms with Crippen molar-refractivity contribution in [3.8, 4) is 0 Å². The Balaban J connectivity index is 1.48. The third-order valence-electron chi connectivity index (χ3n) is 5.00. The Hall–Kier alpha value is -3.27. The van der Waals surface area contributed by atoms with Gasteiger partial charge in [0.2, 0.25) is 5.91 Å². The molecule has 9 nitrogen and oxygen atoms in total. The number of carbonyl (C=O) groups is 3. The summed E-state index contributed by atoms with van der Waals surface area (Å²) in [7, 11) is 0. The maximum Gasteiger partial charge on any atom is 0.325 e. The molecular weight excluding hydrogens is 384 g/mol. The molecule has 1 aromatic carbocycles. The molecule has 2 aliphatic rings. The van der Waals surface area contributed by atoms with E-state index in [1.54, 1.807) is 11.3 Å². The predicted octanol–water partition coefficient (Wildman–Crippen LogP) is 2.38. The number of rotatable bonds is 4. The van der Waals surface area contributed by atoms with Crippen LogP contribution >= 0.6 is 11.3 Å². The minimum Gasteiger partial charge on any atom is -0.325 e. The van der Waals surface area contributed by atoms with Crippen molar-refractivity contribution in [1.82, 2.24) is 10.2 Å². The van der Waals surface area contributed by atoms with E-state index in [9.17, 15) is 24.5 Å². The monoisotopic (exact) mass is 400 g/mol. The largest absolute Gasteiger partial charge is 0.325 e. The Morgan fingerprint density at radius 3 is 2.75 bits per heavy atom. The van der Waals surface area contributed by atoms with Crippen LogP contribution in [-0.2, 0) is 21.5 Å². The topological polar surface area (TPSA) is 122 Å². The number of aryl methyl sites for hydroxylation is 1. The van der Waals surface area contributed by atoms with Gasteiger partial charge in [0.15, 0.2) is 0 Å². The zero-order valence-electron chi connectivity index (χ0n) is 14.6. The van der Waals surface area contributed by atoms with E-state index in [0.29, 0.717) is 12.1 Å². The molecule has 1 atom stereocenters. The van der Waals surface area contributed by atoms with Crippen LogP contribution in [0.2, 0.25) is 0 Å². The number of urea groups is 1. The van der Waals surface area contributed by atoms with Gasteiger partial charge in [0.1, 0.15) is 12.1 Å². The van der Waals surface area contributed by atoms with Crippen LogP contribution in [0.3, 0.4) is 0 Å². The number of nitro groups is 1. The second-order valence-corrected chi connectivity index (χ2v) is 7.69. The molecule has 1 spiro atoms. The van der Waals surface area contributed by atoms with Gasteiger partial charge in [-0.05, 0) is 42.8 Å². The number of nitrogens with one attached hydrogen (secondary N) is 2. The van der Waals surface area contributed by atoms with Gasteiger partial charge in [0.05, 0.1) is 4.92 Å². The molecule has 28 heavy (non-hydrogen) atoms. The van der Waals surface area contributed by atoms with Crippen LogP contribution in [0.5, 0.6) is 0 Å². The molecule has 2 heterocycles. The van der Waals surface area contributed by atoms with Gasteiger partial charge in [0, 0.05) is 28.3 Å². The average Bonchev–Trinajstić information content (AvgIpc) is 3.23. The Labute approximate surface area is 163 Å². The zero-order chi connectivity index (χ0) is 19.9. The first-order chi connectivity index (χ1) is 13.4. The first-order valence-corrected chi connectivity index (χ1v) is 9.54. The average molecular weight is 400 g/mol. The van der Waals surface area contributed by atoms with E-state index >= 15 is 0 Å². The van der Waals surface area contributed by atoms with Gasteiger partial charge in [-0.2, -0.15) is 0 Å². The lowest BCUT2D eigenvalue weighted by molar-refractivity contribution is -0.384. The van der Waals surface area contributed by atoms with E-state index in [4.69, 9.17) is 0 Å². The molecule has 1 aliphatic heterocycles. The first-order valence-electron chi connectivity index (χ1n) is 8.66. The molecule has 4 rings (SSSR count). The number of fused-ring (bicyclic) bond motifs is 2. The molecule has 0 unspecified atom stereocenters. The lowest BCUT2D eigenvalue weighted by Gasteiger charge is -2.31. The van der Waals surface area contributed by atoms with Crippen LogP contribution < -0.4 is 10.6 Å². The number of anilines is 1. The smallest absolute Gasteiger partial charge is 0.325 e. The molecule has 2 aromatic rings. The van der Waals surface area contributed by atoms with Gasteiger partial charge in [-0.25, -0.2) is 4.79 Å². The molecule has 1 aromatic heterocycles. The number of hydrogen-bond acceptors (Lipinski definition) is 6. The maximum atomic E-state index is 13.1. The molecule has 1 aliphatic carbocycles. The number of hydrogen-bond donors (Lipinski definition) is 2. The Kier molecular flexibility index (Phi) is 4.34. The van der Waals surface area contributed by atoms with Gasteiger partial charge >= 0.3 is 6.03 Å². The van der Waals surface area contributed by atoms with Crippen LogP contribution in [-0.4, -0.2) is 34.2 Å². The lowest BCUT2D eigenvalue weighted by atomic mass is 9.80. The molecule has 10 heteroatoms. The minimum atomic E-state index is -1.09. The SMILES string of the molecule is O=C(CN1C(=O)N[C@@]2(CCCc3sccc32)C1=O)Nc1ccc([N+](=O)[O-])cc1. The Morgan fingerprint density at radius 2 is 2.04 bits per heavy atom. The first kappa shape index (κ1) is 18.1. The van der Waals surface area contributed by atoms with Crippen LogP contribution in [0.4, 0.5) is 16.2 Å². The van der Waals surface area contributed by atoms with Crippen LogP contribution in [0.25, 0.3) is 0 Å². The van der Waals surface area contributed by atoms with Crippen molar-refractivity contribution in [2.24, 2.45) is 0 Å². The number of benzene rings is 1. The highest BCUT2D eigenvalue weighted by Crippen LogP contribution is 2.42. The zero-order valence-corrected chi connectivity index (χ0v) is 15.5. The summed E-state index contributed by atoms with van der Waals surface area (Å²) in [5, 5.41) is 17.9. The Morgan fingerprint density at radius 1 is 1.29 bits per heavy atom. The van der Waals surface area contributed by atoms with Crippen LogP contribution in [0.1, 0.15) is 23.3 Å². The van der Waals surface area contributed by atoms with E-state index in [0.717, 1.165) is 28.2 Å². The normalized spacial score (nSPS) is 20.8. The van der Waals surface area contributed by atoms with Crippen LogP contribution in [0, 0.1) is 10.1 Å². The van der Waals surface area contributed by atoms with E-state index in [2.05, 4.69) is 10.6 Å². The summed E-state index contributed by atoms with van der Waals surface area (Å²) < 4.78 is 0. The van der Waals surface area contributed by atoms with E-state index in [1.807, 2.05) is 11.4 Å². The van der Waals surface area contributed by atoms with Gasteiger partial charge in [0.25, 0.3) is 11.6 Å². The second kappa shape index (κ2) is 6.71. The van der Waals surface area contributed by atoms with Crippen LogP contribution in [0.15, 0.2) is 35.7 Å². The number of amides is 4. The summed E-state index contributed by atoms with van der Waals surface area (Å²) in [4.78, 5) is 50.0. The summed E-state index contributed by atoms with van der Waals surface area (Å²) >= 11 is 1.56. The number of nitrogens with zero attached hydrogens (tertiary/aromatic N) is 2. The van der Waals surface area contributed by atoms with Crippen molar-refractivity contribution in [3.63, 3.8) is 0 Å². The fraction of sp³-hybridized carbons (Fsp3) is 0.278. The highest BCUT2D eigenvalue weighted by Gasteiger charge is 2.54. The van der Waals surface area contributed by atoms with E-state index < -0.39 is 34.9 Å². The Bertz CT molecular complexity index is 986. The maximum absolute atomic E-state index is 13.1. The summed E-state index contributed by atoms with van der Waals surface area (Å²) in [5.74, 6) is -0.980. The summed E-state index contributed by atoms with van der Waals surface area (Å²) in [6, 6.07) is 6.57. The molecule has 1 fully saturated rings. The van der Waals surface area contributed by atoms with Gasteiger partial charge in [-0.15, -0.1) is 11.3 Å². The summed E-state index contributed by atoms with van der Waals surface area (Å²) in [6.45, 7) is -0.428. The molecular formula is C18H16N4O5S. The van der Waals surface area contributed by atoms with Gasteiger partial charge < -0.3 is 10.6 Å². The lowest BCUT2D eigenvalue weighted by Crippen LogP contribution is -2.46. The van der Waals surface area contributed by atoms with E-state index in [1.165, 1.54) is 24.3 Å². The number of imide groups is 1. The number of non-ortho nitro benzene ring substituents is 1. The molecule has 0 radical (unpaired) electrons. The standard InChI is InChI=1S/C18H16N4O5S/c23-15(19-11-3-5-12(6-4-11)22(26)27)10-21-16(24)18(20-17(21)25)8-1-2-14-13(18)7-9-28-14/h3-7,9H,1-2,8,10H2,(H,19,23)(H,20,25)/t18-/m1/s1. The quantitative estimate of drug-likeness (QED) is 0.464. The molecule has 1 saturated heterocycles. The van der Waals surface area contributed by atoms with Gasteiger partial charge in [-0.3, -0.25) is 24.6 Å². The van der Waals surface area contributed by atoms with Gasteiger partial charge in [-0.1, -0.05) is 0 Å². The third-order valence-corrected chi connectivity index (χ3v) is 5.98. The van der Waals surface area contributed by atoms with Crippen molar-refractivity contribution in [3.05, 3.63) is 56.3 Å². The summed E-state index contributed by atoms with van der Waals surface area (Å²) in [5.41, 5.74) is -0.0216. The summed E-state index contributed by atoms with van der Waals surface area (Å²) in [6.07, 6.45) is 2.16. The van der Waals surface area contributed by atoms with Crippen molar-refractivity contribution < 1.29 is 19.3 Å². The number of nitro benzene ring substituents is 1. The third kappa shape index (κ3) is 2.91. The fourth-order valence-electron chi connectivity index (χ4n) is 3.70. The molecule has 4 amide bonds. The fourth-order valence-corrected chi connectivity index (χ4v) is 4.70. The molecule has 144 valence electrons. The minimum absolute atomic E-state index is 0.0992. The number of carbonyl (C=O) groups excluding carboxylic acids is 3. The molecule has 0 saturated carbocycles. The highest BCUT2D eigenvalue weighted by atomic mass is 32.1. The van der Waals surface area contributed by atoms with Crippen molar-refractivity contribution in [1.29, 1.82) is 0 Å².